The summed E-state index contributed by atoms with van der Waals surface area (Å²) in [5.74, 6) is 0.0642. The molecule has 2 N–H and O–H groups in total. The maximum absolute atomic E-state index is 12.3. The van der Waals surface area contributed by atoms with Gasteiger partial charge in [-0.15, -0.1) is 0 Å². The molecule has 0 spiro atoms. The fourth-order valence-corrected chi connectivity index (χ4v) is 5.30. The molecule has 2 aromatic rings. The fraction of sp³-hybridized carbons (Fsp3) is 0.519. The number of fused-ring (bicyclic) bond motifs is 1. The van der Waals surface area contributed by atoms with Gasteiger partial charge in [0.05, 0.1) is 12.4 Å². The zero-order valence-electron chi connectivity index (χ0n) is 21.2. The number of carbonyl (C=O) groups is 1. The Hall–Kier alpha value is -2.79. The molecule has 0 aliphatic heterocycles. The van der Waals surface area contributed by atoms with E-state index in [0.717, 1.165) is 43.2 Å². The van der Waals surface area contributed by atoms with Crippen LogP contribution in [0.25, 0.3) is 0 Å². The van der Waals surface area contributed by atoms with Gasteiger partial charge in [0, 0.05) is 24.8 Å². The Labute approximate surface area is 221 Å². The Morgan fingerprint density at radius 2 is 1.71 bits per heavy atom. The number of halogens is 3. The van der Waals surface area contributed by atoms with Crippen LogP contribution in [-0.4, -0.2) is 39.5 Å². The number of esters is 1. The summed E-state index contributed by atoms with van der Waals surface area (Å²) in [5.41, 5.74) is 7.55. The van der Waals surface area contributed by atoms with Crippen LogP contribution in [0.15, 0.2) is 42.5 Å². The third-order valence-electron chi connectivity index (χ3n) is 6.16. The van der Waals surface area contributed by atoms with Gasteiger partial charge in [0.15, 0.2) is 0 Å². The highest BCUT2D eigenvalue weighted by Gasteiger charge is 2.28. The molecule has 0 aromatic heterocycles. The summed E-state index contributed by atoms with van der Waals surface area (Å²) in [4.78, 5) is 12.1. The second-order valence-electron chi connectivity index (χ2n) is 9.44. The van der Waals surface area contributed by atoms with Gasteiger partial charge >= 0.3 is 22.3 Å². The third kappa shape index (κ3) is 10.2. The summed E-state index contributed by atoms with van der Waals surface area (Å²) in [6.07, 6.45) is -0.679. The van der Waals surface area contributed by atoms with E-state index < -0.39 is 34.9 Å². The quantitative estimate of drug-likeness (QED) is 0.170. The molecule has 7 nitrogen and oxygen atoms in total. The van der Waals surface area contributed by atoms with E-state index in [4.69, 9.17) is 19.4 Å². The lowest BCUT2D eigenvalue weighted by Crippen LogP contribution is -2.16. The number of carbonyl (C=O) groups excluding carboxylic acids is 1. The second kappa shape index (κ2) is 13.8. The number of alkyl halides is 3. The van der Waals surface area contributed by atoms with E-state index in [2.05, 4.69) is 0 Å². The van der Waals surface area contributed by atoms with Gasteiger partial charge in [-0.25, -0.2) is 0 Å². The summed E-state index contributed by atoms with van der Waals surface area (Å²) in [6.45, 7) is 0.985. The summed E-state index contributed by atoms with van der Waals surface area (Å²) >= 11 is 0. The molecule has 3 rings (SSSR count). The van der Waals surface area contributed by atoms with Crippen molar-refractivity contribution in [2.45, 2.75) is 64.0 Å². The lowest BCUT2D eigenvalue weighted by atomic mass is 10.1. The molecule has 0 saturated heterocycles. The van der Waals surface area contributed by atoms with E-state index in [9.17, 15) is 26.4 Å². The molecule has 210 valence electrons. The largest absolute Gasteiger partial charge is 0.465 e. The van der Waals surface area contributed by atoms with Gasteiger partial charge in [0.25, 0.3) is 0 Å². The Bertz CT molecular complexity index is 1170. The van der Waals surface area contributed by atoms with E-state index in [1.165, 1.54) is 18.2 Å². The first-order chi connectivity index (χ1) is 18.0. The van der Waals surface area contributed by atoms with E-state index in [1.807, 2.05) is 12.1 Å². The lowest BCUT2D eigenvalue weighted by molar-refractivity contribution is -0.145. The molecule has 0 amide bonds. The first kappa shape index (κ1) is 29.8. The molecule has 0 radical (unpaired) electrons. The predicted molar refractivity (Wildman–Crippen MR) is 137 cm³/mol. The summed E-state index contributed by atoms with van der Waals surface area (Å²) < 4.78 is 77.6. The van der Waals surface area contributed by atoms with Crippen LogP contribution in [0.1, 0.15) is 56.1 Å². The van der Waals surface area contributed by atoms with Crippen LogP contribution in [-0.2, 0) is 32.5 Å². The number of nitrogens with two attached hydrogens (primary N) is 1. The molecular formula is C27H34F3NO6S. The maximum atomic E-state index is 12.3. The van der Waals surface area contributed by atoms with Crippen molar-refractivity contribution in [3.05, 3.63) is 53.6 Å². The number of rotatable bonds is 15. The number of benzene rings is 2. The van der Waals surface area contributed by atoms with Crippen LogP contribution in [0.3, 0.4) is 0 Å². The summed E-state index contributed by atoms with van der Waals surface area (Å²) in [6, 6.07) is 11.6. The van der Waals surface area contributed by atoms with Gasteiger partial charge in [-0.05, 0) is 68.0 Å². The van der Waals surface area contributed by atoms with Crippen LogP contribution in [0.2, 0.25) is 0 Å². The van der Waals surface area contributed by atoms with Crippen molar-refractivity contribution in [1.29, 1.82) is 0 Å². The van der Waals surface area contributed by atoms with Gasteiger partial charge in [-0.2, -0.15) is 21.6 Å². The summed E-state index contributed by atoms with van der Waals surface area (Å²) in [5, 5.41) is 0. The topological polar surface area (TPSA) is 105 Å². The third-order valence-corrected chi connectivity index (χ3v) is 7.39. The second-order valence-corrected chi connectivity index (χ2v) is 11.1. The molecular weight excluding hydrogens is 523 g/mol. The molecule has 1 atom stereocenters. The number of hydrogen-bond acceptors (Lipinski definition) is 7. The molecule has 0 unspecified atom stereocenters. The maximum Gasteiger partial charge on any atom is 0.389 e. The Morgan fingerprint density at radius 1 is 0.974 bits per heavy atom. The Morgan fingerprint density at radius 3 is 2.47 bits per heavy atom. The fourth-order valence-electron chi connectivity index (χ4n) is 4.32. The SMILES string of the molecule is NCCCCCCC(=O)OC[C@@H]1Cc2cccc(Oc3cccc(OS(=O)(=O)CCCC(F)(F)F)c3)c2C1. The Balaban J connectivity index is 1.53. The molecule has 0 saturated carbocycles. The van der Waals surface area contributed by atoms with Gasteiger partial charge in [0.2, 0.25) is 0 Å². The average Bonchev–Trinajstić information content (AvgIpc) is 3.26. The van der Waals surface area contributed by atoms with Gasteiger partial charge < -0.3 is 19.4 Å². The Kier molecular flexibility index (Phi) is 10.8. The number of ether oxygens (including phenoxy) is 2. The molecule has 38 heavy (non-hydrogen) atoms. The predicted octanol–water partition coefficient (Wildman–Crippen LogP) is 5.70. The molecule has 1 aliphatic carbocycles. The number of unbranched alkanes of at least 4 members (excludes halogenated alkanes) is 3. The summed E-state index contributed by atoms with van der Waals surface area (Å²) in [7, 11) is -4.19. The minimum atomic E-state index is -4.43. The zero-order chi connectivity index (χ0) is 27.6. The first-order valence-electron chi connectivity index (χ1n) is 12.8. The lowest BCUT2D eigenvalue weighted by Gasteiger charge is -2.13. The van der Waals surface area contributed by atoms with Crippen molar-refractivity contribution >= 4 is 16.1 Å². The minimum Gasteiger partial charge on any atom is -0.465 e. The highest BCUT2D eigenvalue weighted by Crippen LogP contribution is 2.37. The van der Waals surface area contributed by atoms with Crippen molar-refractivity contribution < 1.29 is 40.0 Å². The van der Waals surface area contributed by atoms with Crippen LogP contribution < -0.4 is 14.7 Å². The molecule has 1 aliphatic rings. The van der Waals surface area contributed by atoms with E-state index in [-0.39, 0.29) is 17.6 Å². The van der Waals surface area contributed by atoms with E-state index >= 15 is 0 Å². The van der Waals surface area contributed by atoms with Crippen molar-refractivity contribution in [2.75, 3.05) is 18.9 Å². The standard InChI is InChI=1S/C27H34F3NO6S/c28-27(29,30)13-7-15-38(33,34)37-23-10-6-9-22(18-23)36-25-11-5-8-21-16-20(17-24(21)25)19-35-26(32)12-3-1-2-4-14-31/h5-6,8-11,18,20H,1-4,7,12-17,19,31H2/t20-/m1/s1. The first-order valence-corrected chi connectivity index (χ1v) is 14.4. The molecule has 11 heteroatoms. The van der Waals surface area contributed by atoms with Gasteiger partial charge in [-0.1, -0.05) is 31.0 Å². The van der Waals surface area contributed by atoms with Crippen molar-refractivity contribution in [3.8, 4) is 17.2 Å². The van der Waals surface area contributed by atoms with Crippen LogP contribution in [0.5, 0.6) is 17.2 Å². The zero-order valence-corrected chi connectivity index (χ0v) is 22.0. The minimum absolute atomic E-state index is 0.0464. The molecule has 0 heterocycles. The molecule has 0 bridgehead atoms. The smallest absolute Gasteiger partial charge is 0.389 e. The van der Waals surface area contributed by atoms with Crippen LogP contribution >= 0.6 is 0 Å². The van der Waals surface area contributed by atoms with Crippen LogP contribution in [0, 0.1) is 5.92 Å². The van der Waals surface area contributed by atoms with E-state index in [1.54, 1.807) is 12.1 Å². The monoisotopic (exact) mass is 557 g/mol. The van der Waals surface area contributed by atoms with Crippen LogP contribution in [0.4, 0.5) is 13.2 Å². The van der Waals surface area contributed by atoms with Gasteiger partial charge in [-0.3, -0.25) is 4.79 Å². The normalized spacial score (nSPS) is 15.2. The van der Waals surface area contributed by atoms with E-state index in [0.29, 0.717) is 37.5 Å². The highest BCUT2D eigenvalue weighted by atomic mass is 32.2. The van der Waals surface area contributed by atoms with Crippen molar-refractivity contribution in [1.82, 2.24) is 0 Å². The van der Waals surface area contributed by atoms with Crippen molar-refractivity contribution in [2.24, 2.45) is 11.7 Å². The van der Waals surface area contributed by atoms with Crippen molar-refractivity contribution in [3.63, 3.8) is 0 Å². The number of hydrogen-bond donors (Lipinski definition) is 1. The molecule has 0 fully saturated rings. The van der Waals surface area contributed by atoms with Gasteiger partial charge in [0.1, 0.15) is 17.2 Å². The highest BCUT2D eigenvalue weighted by molar-refractivity contribution is 7.87. The average molecular weight is 558 g/mol. The molecule has 2 aromatic carbocycles.